The van der Waals surface area contributed by atoms with Crippen molar-refractivity contribution in [2.75, 3.05) is 6.54 Å². The molecule has 0 radical (unpaired) electrons. The van der Waals surface area contributed by atoms with Gasteiger partial charge in [-0.25, -0.2) is 0 Å². The fraction of sp³-hybridized carbons (Fsp3) is 0.875. The van der Waals surface area contributed by atoms with Gasteiger partial charge in [-0.05, 0) is 48.5 Å². The van der Waals surface area contributed by atoms with E-state index in [1.807, 2.05) is 0 Å². The van der Waals surface area contributed by atoms with E-state index in [1.165, 1.54) is 0 Å². The Balaban J connectivity index is 0.00000192. The minimum absolute atomic E-state index is 0. The quantitative estimate of drug-likeness (QED) is 0.545. The molecule has 0 bridgehead atoms. The average molecular weight is 346 g/mol. The predicted octanol–water partition coefficient (Wildman–Crippen LogP) is 0.0293. The van der Waals surface area contributed by atoms with Crippen molar-refractivity contribution in [1.29, 1.82) is 0 Å². The molecular formula is C16H28ClN3O3. The molecule has 3 aliphatic rings. The maximum atomic E-state index is 12.6. The van der Waals surface area contributed by atoms with Crippen LogP contribution in [-0.2, 0) is 9.59 Å². The lowest BCUT2D eigenvalue weighted by Gasteiger charge is -2.25. The molecule has 1 aliphatic heterocycles. The van der Waals surface area contributed by atoms with Gasteiger partial charge in [0, 0.05) is 0 Å². The fourth-order valence-electron chi connectivity index (χ4n) is 4.27. The van der Waals surface area contributed by atoms with Crippen molar-refractivity contribution in [3.63, 3.8) is 0 Å². The zero-order valence-corrected chi connectivity index (χ0v) is 14.7. The van der Waals surface area contributed by atoms with Gasteiger partial charge in [-0.1, -0.05) is 20.8 Å². The number of amides is 2. The van der Waals surface area contributed by atoms with Gasteiger partial charge in [-0.2, -0.15) is 0 Å². The van der Waals surface area contributed by atoms with Crippen molar-refractivity contribution in [3.05, 3.63) is 0 Å². The molecule has 2 saturated carbocycles. The molecule has 0 aromatic carbocycles. The molecular weight excluding hydrogens is 318 g/mol. The molecule has 1 heterocycles. The molecule has 7 heteroatoms. The molecule has 2 aliphatic carbocycles. The number of aliphatic hydroxyl groups excluding tert-OH is 1. The van der Waals surface area contributed by atoms with Crippen LogP contribution in [0, 0.1) is 29.1 Å². The number of carbonyl (C=O) groups excluding carboxylic acids is 2. The van der Waals surface area contributed by atoms with E-state index in [4.69, 9.17) is 5.73 Å². The third kappa shape index (κ3) is 3.35. The SMILES string of the molecule is C[C@H]1C[C@@H]1CC(NC(=O)[C@H]1NC[C@H]2[C@@H]1C2(C)C)C(O)C(N)=O.Cl. The lowest BCUT2D eigenvalue weighted by molar-refractivity contribution is -0.130. The van der Waals surface area contributed by atoms with Crippen LogP contribution in [0.2, 0.25) is 0 Å². The number of aliphatic hydroxyl groups is 1. The van der Waals surface area contributed by atoms with Crippen molar-refractivity contribution < 1.29 is 14.7 Å². The summed E-state index contributed by atoms with van der Waals surface area (Å²) in [4.78, 5) is 23.9. The number of nitrogens with one attached hydrogen (secondary N) is 2. The first-order valence-corrected chi connectivity index (χ1v) is 8.24. The van der Waals surface area contributed by atoms with Gasteiger partial charge < -0.3 is 21.5 Å². The van der Waals surface area contributed by atoms with E-state index in [2.05, 4.69) is 31.4 Å². The lowest BCUT2D eigenvalue weighted by Crippen LogP contribution is -2.54. The van der Waals surface area contributed by atoms with Crippen LogP contribution in [-0.4, -0.2) is 41.7 Å². The van der Waals surface area contributed by atoms with E-state index in [0.717, 1.165) is 13.0 Å². The standard InChI is InChI=1S/C16H27N3O3.ClH/c1-7-4-8(7)5-10(13(20)14(17)21)19-15(22)12-11-9(6-18-12)16(11,2)3;/h7-13,18,20H,4-6H2,1-3H3,(H2,17,21)(H,19,22);1H/t7-,8+,9-,10?,11-,12-,13?;/m0./s1. The number of fused-ring (bicyclic) bond motifs is 1. The first kappa shape index (κ1) is 18.5. The van der Waals surface area contributed by atoms with E-state index < -0.39 is 18.1 Å². The Bertz CT molecular complexity index is 499. The normalized spacial score (nSPS) is 38.7. The summed E-state index contributed by atoms with van der Waals surface area (Å²) in [7, 11) is 0. The highest BCUT2D eigenvalue weighted by Crippen LogP contribution is 2.62. The van der Waals surface area contributed by atoms with Crippen molar-refractivity contribution in [2.24, 2.45) is 34.8 Å². The number of halogens is 1. The van der Waals surface area contributed by atoms with Gasteiger partial charge in [-0.15, -0.1) is 12.4 Å². The molecule has 0 aromatic heterocycles. The summed E-state index contributed by atoms with van der Waals surface area (Å²) in [6.45, 7) is 7.37. The van der Waals surface area contributed by atoms with Gasteiger partial charge in [-0.3, -0.25) is 9.59 Å². The first-order chi connectivity index (χ1) is 10.2. The van der Waals surface area contributed by atoms with E-state index in [9.17, 15) is 14.7 Å². The van der Waals surface area contributed by atoms with Crippen molar-refractivity contribution >= 4 is 24.2 Å². The second-order valence-electron chi connectivity index (χ2n) is 8.01. The zero-order chi connectivity index (χ0) is 16.2. The number of carbonyl (C=O) groups is 2. The molecule has 132 valence electrons. The van der Waals surface area contributed by atoms with E-state index in [1.54, 1.807) is 0 Å². The van der Waals surface area contributed by atoms with Crippen LogP contribution in [0.4, 0.5) is 0 Å². The predicted molar refractivity (Wildman–Crippen MR) is 88.8 cm³/mol. The molecule has 6 nitrogen and oxygen atoms in total. The van der Waals surface area contributed by atoms with Crippen LogP contribution < -0.4 is 16.4 Å². The third-order valence-electron chi connectivity index (χ3n) is 6.17. The van der Waals surface area contributed by atoms with E-state index in [-0.39, 0.29) is 29.8 Å². The Morgan fingerprint density at radius 2 is 2.04 bits per heavy atom. The maximum Gasteiger partial charge on any atom is 0.248 e. The van der Waals surface area contributed by atoms with Crippen LogP contribution >= 0.6 is 12.4 Å². The summed E-state index contributed by atoms with van der Waals surface area (Å²) in [5.41, 5.74) is 5.42. The Kier molecular flexibility index (Phi) is 5.00. The monoisotopic (exact) mass is 345 g/mol. The van der Waals surface area contributed by atoms with Crippen molar-refractivity contribution in [1.82, 2.24) is 10.6 Å². The Hall–Kier alpha value is -0.850. The number of primary amides is 1. The Morgan fingerprint density at radius 3 is 2.48 bits per heavy atom. The summed E-state index contributed by atoms with van der Waals surface area (Å²) in [5, 5.41) is 16.1. The van der Waals surface area contributed by atoms with Gasteiger partial charge in [0.2, 0.25) is 11.8 Å². The average Bonchev–Trinajstić information content (AvgIpc) is 3.16. The van der Waals surface area contributed by atoms with Crippen LogP contribution in [0.15, 0.2) is 0 Å². The summed E-state index contributed by atoms with van der Waals surface area (Å²) in [6, 6.07) is -0.804. The van der Waals surface area contributed by atoms with Gasteiger partial charge in [0.05, 0.1) is 12.1 Å². The zero-order valence-electron chi connectivity index (χ0n) is 13.9. The van der Waals surface area contributed by atoms with E-state index in [0.29, 0.717) is 30.1 Å². The largest absolute Gasteiger partial charge is 0.381 e. The smallest absolute Gasteiger partial charge is 0.248 e. The summed E-state index contributed by atoms with van der Waals surface area (Å²) in [6.07, 6.45) is 0.375. The van der Waals surface area contributed by atoms with Gasteiger partial charge >= 0.3 is 0 Å². The fourth-order valence-corrected chi connectivity index (χ4v) is 4.27. The second-order valence-corrected chi connectivity index (χ2v) is 8.01. The third-order valence-corrected chi connectivity index (χ3v) is 6.17. The number of piperidine rings is 1. The lowest BCUT2D eigenvalue weighted by atomic mass is 9.99. The number of nitrogens with two attached hydrogens (primary N) is 1. The molecule has 2 unspecified atom stereocenters. The maximum absolute atomic E-state index is 12.6. The minimum atomic E-state index is -1.32. The van der Waals surface area contributed by atoms with Gasteiger partial charge in [0.15, 0.2) is 6.10 Å². The molecule has 2 amide bonds. The Labute approximate surface area is 143 Å². The molecule has 5 N–H and O–H groups in total. The number of rotatable bonds is 6. The van der Waals surface area contributed by atoms with Crippen LogP contribution in [0.5, 0.6) is 0 Å². The van der Waals surface area contributed by atoms with Crippen molar-refractivity contribution in [2.45, 2.75) is 51.8 Å². The highest BCUT2D eigenvalue weighted by atomic mass is 35.5. The highest BCUT2D eigenvalue weighted by molar-refractivity contribution is 5.86. The Morgan fingerprint density at radius 1 is 1.43 bits per heavy atom. The molecule has 23 heavy (non-hydrogen) atoms. The molecule has 0 aromatic rings. The first-order valence-electron chi connectivity index (χ1n) is 8.24. The van der Waals surface area contributed by atoms with Crippen molar-refractivity contribution in [3.8, 4) is 0 Å². The van der Waals surface area contributed by atoms with Crippen LogP contribution in [0.25, 0.3) is 0 Å². The van der Waals surface area contributed by atoms with Crippen LogP contribution in [0.3, 0.4) is 0 Å². The van der Waals surface area contributed by atoms with Gasteiger partial charge in [0.25, 0.3) is 0 Å². The molecule has 3 fully saturated rings. The summed E-state index contributed by atoms with van der Waals surface area (Å²) >= 11 is 0. The highest BCUT2D eigenvalue weighted by Gasteiger charge is 2.65. The minimum Gasteiger partial charge on any atom is -0.381 e. The van der Waals surface area contributed by atoms with Crippen LogP contribution in [0.1, 0.15) is 33.6 Å². The number of hydrogen-bond donors (Lipinski definition) is 4. The number of hydrogen-bond acceptors (Lipinski definition) is 4. The summed E-state index contributed by atoms with van der Waals surface area (Å²) in [5.74, 6) is 1.06. The molecule has 7 atom stereocenters. The van der Waals surface area contributed by atoms with Gasteiger partial charge in [0.1, 0.15) is 0 Å². The molecule has 3 rings (SSSR count). The molecule has 0 spiro atoms. The molecule has 1 saturated heterocycles. The second kappa shape index (κ2) is 6.22. The topological polar surface area (TPSA) is 104 Å². The van der Waals surface area contributed by atoms with E-state index >= 15 is 0 Å². The summed E-state index contributed by atoms with van der Waals surface area (Å²) < 4.78 is 0.